The normalized spacial score (nSPS) is 12.3. The SMILES string of the molecule is CC/C=C(Br)\N=C/Cc1ccccc1. The van der Waals surface area contributed by atoms with Crippen molar-refractivity contribution >= 4 is 22.1 Å². The van der Waals surface area contributed by atoms with Gasteiger partial charge in [0.25, 0.3) is 0 Å². The summed E-state index contributed by atoms with van der Waals surface area (Å²) in [4.78, 5) is 4.26. The first-order valence-electron chi connectivity index (χ1n) is 4.75. The van der Waals surface area contributed by atoms with Gasteiger partial charge in [-0.05, 0) is 27.9 Å². The standard InChI is InChI=1S/C12H14BrN/c1-2-6-12(13)14-10-9-11-7-4-3-5-8-11/h3-8,10H,2,9H2,1H3/b12-6-,14-10-. The van der Waals surface area contributed by atoms with Gasteiger partial charge in [0.1, 0.15) is 4.61 Å². The molecule has 0 amide bonds. The van der Waals surface area contributed by atoms with Crippen molar-refractivity contribution in [2.45, 2.75) is 19.8 Å². The van der Waals surface area contributed by atoms with Crippen LogP contribution in [0.25, 0.3) is 0 Å². The van der Waals surface area contributed by atoms with E-state index in [1.807, 2.05) is 30.5 Å². The van der Waals surface area contributed by atoms with Crippen LogP contribution >= 0.6 is 15.9 Å². The van der Waals surface area contributed by atoms with E-state index in [1.165, 1.54) is 5.56 Å². The molecular formula is C12H14BrN. The smallest absolute Gasteiger partial charge is 0.101 e. The molecule has 0 aromatic heterocycles. The molecule has 0 unspecified atom stereocenters. The van der Waals surface area contributed by atoms with E-state index < -0.39 is 0 Å². The zero-order valence-corrected chi connectivity index (χ0v) is 9.87. The molecule has 1 aromatic rings. The molecule has 0 heterocycles. The van der Waals surface area contributed by atoms with Gasteiger partial charge in [0.15, 0.2) is 0 Å². The van der Waals surface area contributed by atoms with Gasteiger partial charge >= 0.3 is 0 Å². The number of halogens is 1. The second-order valence-electron chi connectivity index (χ2n) is 2.94. The van der Waals surface area contributed by atoms with Crippen LogP contribution in [0.4, 0.5) is 0 Å². The molecule has 14 heavy (non-hydrogen) atoms. The molecule has 0 aliphatic rings. The van der Waals surface area contributed by atoms with Gasteiger partial charge in [0.05, 0.1) is 0 Å². The quantitative estimate of drug-likeness (QED) is 0.568. The van der Waals surface area contributed by atoms with Crippen molar-refractivity contribution in [1.29, 1.82) is 0 Å². The van der Waals surface area contributed by atoms with E-state index in [1.54, 1.807) is 0 Å². The predicted molar refractivity (Wildman–Crippen MR) is 65.9 cm³/mol. The van der Waals surface area contributed by atoms with Gasteiger partial charge in [0, 0.05) is 12.6 Å². The third-order valence-electron chi connectivity index (χ3n) is 1.76. The van der Waals surface area contributed by atoms with Gasteiger partial charge in [-0.15, -0.1) is 0 Å². The molecule has 74 valence electrons. The van der Waals surface area contributed by atoms with Gasteiger partial charge in [-0.25, -0.2) is 0 Å². The molecule has 0 atom stereocenters. The first-order chi connectivity index (χ1) is 6.83. The number of nitrogens with zero attached hydrogens (tertiary/aromatic N) is 1. The van der Waals surface area contributed by atoms with Crippen molar-refractivity contribution in [2.24, 2.45) is 4.99 Å². The average molecular weight is 252 g/mol. The number of allylic oxidation sites excluding steroid dienone is 1. The highest BCUT2D eigenvalue weighted by Crippen LogP contribution is 2.07. The first-order valence-corrected chi connectivity index (χ1v) is 5.54. The molecular weight excluding hydrogens is 238 g/mol. The molecule has 1 rings (SSSR count). The van der Waals surface area contributed by atoms with Crippen LogP contribution in [-0.2, 0) is 6.42 Å². The van der Waals surface area contributed by atoms with Crippen molar-refractivity contribution < 1.29 is 0 Å². The maximum Gasteiger partial charge on any atom is 0.101 e. The Kier molecular flexibility index (Phi) is 5.23. The van der Waals surface area contributed by atoms with Crippen LogP contribution < -0.4 is 0 Å². The summed E-state index contributed by atoms with van der Waals surface area (Å²) in [5, 5.41) is 0. The minimum absolute atomic E-state index is 0.882. The third-order valence-corrected chi connectivity index (χ3v) is 2.29. The fraction of sp³-hybridized carbons (Fsp3) is 0.250. The fourth-order valence-corrected chi connectivity index (χ4v) is 1.54. The summed E-state index contributed by atoms with van der Waals surface area (Å²) in [6.45, 7) is 2.09. The van der Waals surface area contributed by atoms with Gasteiger partial charge in [0.2, 0.25) is 0 Å². The molecule has 1 nitrogen and oxygen atoms in total. The Balaban J connectivity index is 2.45. The third kappa shape index (κ3) is 4.38. The van der Waals surface area contributed by atoms with Gasteiger partial charge in [-0.2, -0.15) is 0 Å². The van der Waals surface area contributed by atoms with E-state index in [0.29, 0.717) is 0 Å². The molecule has 0 bridgehead atoms. The second kappa shape index (κ2) is 6.55. The number of hydrogen-bond donors (Lipinski definition) is 0. The van der Waals surface area contributed by atoms with Crippen LogP contribution in [-0.4, -0.2) is 6.21 Å². The van der Waals surface area contributed by atoms with Gasteiger partial charge in [-0.1, -0.05) is 43.3 Å². The summed E-state index contributed by atoms with van der Waals surface area (Å²) in [5.41, 5.74) is 1.29. The van der Waals surface area contributed by atoms with Crippen LogP contribution in [0.1, 0.15) is 18.9 Å². The highest BCUT2D eigenvalue weighted by atomic mass is 79.9. The van der Waals surface area contributed by atoms with E-state index in [9.17, 15) is 0 Å². The highest BCUT2D eigenvalue weighted by Gasteiger charge is 1.87. The largest absolute Gasteiger partial charge is 0.254 e. The zero-order valence-electron chi connectivity index (χ0n) is 8.28. The summed E-state index contributed by atoms with van der Waals surface area (Å²) in [5.74, 6) is 0. The van der Waals surface area contributed by atoms with Crippen LogP contribution in [0, 0.1) is 0 Å². The Labute approximate surface area is 93.7 Å². The zero-order chi connectivity index (χ0) is 10.2. The number of benzene rings is 1. The number of hydrogen-bond acceptors (Lipinski definition) is 1. The minimum atomic E-state index is 0.882. The van der Waals surface area contributed by atoms with Crippen LogP contribution in [0.5, 0.6) is 0 Å². The Morgan fingerprint density at radius 3 is 2.71 bits per heavy atom. The van der Waals surface area contributed by atoms with Crippen LogP contribution in [0.2, 0.25) is 0 Å². The molecule has 0 aliphatic heterocycles. The summed E-state index contributed by atoms with van der Waals surface area (Å²) in [6, 6.07) is 10.3. The monoisotopic (exact) mass is 251 g/mol. The molecule has 0 aliphatic carbocycles. The number of aliphatic imine (C=N–C) groups is 1. The van der Waals surface area contributed by atoms with E-state index in [-0.39, 0.29) is 0 Å². The lowest BCUT2D eigenvalue weighted by atomic mass is 10.2. The van der Waals surface area contributed by atoms with E-state index in [0.717, 1.165) is 17.4 Å². The van der Waals surface area contributed by atoms with Gasteiger partial charge < -0.3 is 0 Å². The Bertz CT molecular complexity index is 314. The highest BCUT2D eigenvalue weighted by molar-refractivity contribution is 9.11. The molecule has 0 fully saturated rings. The topological polar surface area (TPSA) is 12.4 Å². The number of rotatable bonds is 4. The van der Waals surface area contributed by atoms with Crippen molar-refractivity contribution in [3.63, 3.8) is 0 Å². The van der Waals surface area contributed by atoms with Crippen LogP contribution in [0.3, 0.4) is 0 Å². The maximum absolute atomic E-state index is 4.26. The van der Waals surface area contributed by atoms with E-state index in [4.69, 9.17) is 0 Å². The summed E-state index contributed by atoms with van der Waals surface area (Å²) in [7, 11) is 0. The summed E-state index contributed by atoms with van der Waals surface area (Å²) in [6.07, 6.45) is 5.85. The molecule has 0 saturated carbocycles. The van der Waals surface area contributed by atoms with Crippen molar-refractivity contribution in [1.82, 2.24) is 0 Å². The van der Waals surface area contributed by atoms with E-state index in [2.05, 4.69) is 40.0 Å². The first kappa shape index (κ1) is 11.2. The lowest BCUT2D eigenvalue weighted by molar-refractivity contribution is 1.20. The fourth-order valence-electron chi connectivity index (χ4n) is 1.07. The second-order valence-corrected chi connectivity index (χ2v) is 3.75. The molecule has 2 heteroatoms. The van der Waals surface area contributed by atoms with Crippen molar-refractivity contribution in [2.75, 3.05) is 0 Å². The summed E-state index contributed by atoms with van der Waals surface area (Å²) < 4.78 is 0.913. The predicted octanol–water partition coefficient (Wildman–Crippen LogP) is 3.95. The van der Waals surface area contributed by atoms with Crippen molar-refractivity contribution in [3.8, 4) is 0 Å². The molecule has 0 N–H and O–H groups in total. The molecule has 1 aromatic carbocycles. The molecule has 0 radical (unpaired) electrons. The van der Waals surface area contributed by atoms with E-state index >= 15 is 0 Å². The molecule has 0 spiro atoms. The lowest BCUT2D eigenvalue weighted by Gasteiger charge is -1.93. The lowest BCUT2D eigenvalue weighted by Crippen LogP contribution is -1.84. The Morgan fingerprint density at radius 2 is 2.07 bits per heavy atom. The van der Waals surface area contributed by atoms with Crippen molar-refractivity contribution in [3.05, 3.63) is 46.6 Å². The Morgan fingerprint density at radius 1 is 1.36 bits per heavy atom. The minimum Gasteiger partial charge on any atom is -0.254 e. The Hall–Kier alpha value is -0.890. The van der Waals surface area contributed by atoms with Gasteiger partial charge in [-0.3, -0.25) is 4.99 Å². The average Bonchev–Trinajstić information content (AvgIpc) is 2.20. The maximum atomic E-state index is 4.26. The van der Waals surface area contributed by atoms with Crippen LogP contribution in [0.15, 0.2) is 46.0 Å². The molecule has 0 saturated heterocycles. The summed E-state index contributed by atoms with van der Waals surface area (Å²) >= 11 is 3.37.